The topological polar surface area (TPSA) is 29.3 Å². The van der Waals surface area contributed by atoms with Crippen molar-refractivity contribution >= 4 is 17.3 Å². The molecule has 0 radical (unpaired) electrons. The first kappa shape index (κ1) is 13.5. The van der Waals surface area contributed by atoms with Crippen LogP contribution in [0.1, 0.15) is 18.4 Å². The van der Waals surface area contributed by atoms with Crippen LogP contribution in [0.4, 0.5) is 18.9 Å². The van der Waals surface area contributed by atoms with E-state index in [0.717, 1.165) is 25.0 Å². The third kappa shape index (κ3) is 2.90. The highest BCUT2D eigenvalue weighted by atomic mass is 35.5. The summed E-state index contributed by atoms with van der Waals surface area (Å²) in [4.78, 5) is 1.86. The number of hydrogen-bond acceptors (Lipinski definition) is 2. The van der Waals surface area contributed by atoms with Crippen LogP contribution in [0.25, 0.3) is 0 Å². The molecule has 0 saturated carbocycles. The fourth-order valence-electron chi connectivity index (χ4n) is 2.07. The Hall–Kier alpha value is -0.940. The molecule has 1 aromatic carbocycles. The molecule has 100 valence electrons. The number of anilines is 1. The van der Waals surface area contributed by atoms with Crippen LogP contribution < -0.4 is 10.6 Å². The molecule has 0 bridgehead atoms. The van der Waals surface area contributed by atoms with E-state index in [4.69, 9.17) is 17.3 Å². The van der Waals surface area contributed by atoms with E-state index < -0.39 is 11.7 Å². The zero-order valence-electron chi connectivity index (χ0n) is 9.67. The van der Waals surface area contributed by atoms with Gasteiger partial charge in [0.2, 0.25) is 0 Å². The van der Waals surface area contributed by atoms with Gasteiger partial charge in [0.25, 0.3) is 0 Å². The Labute approximate surface area is 109 Å². The largest absolute Gasteiger partial charge is 0.416 e. The van der Waals surface area contributed by atoms with Crippen LogP contribution in [0.2, 0.25) is 5.02 Å². The van der Waals surface area contributed by atoms with E-state index in [9.17, 15) is 13.2 Å². The Balaban J connectivity index is 2.27. The summed E-state index contributed by atoms with van der Waals surface area (Å²) >= 11 is 5.98. The van der Waals surface area contributed by atoms with E-state index in [-0.39, 0.29) is 6.04 Å². The van der Waals surface area contributed by atoms with Crippen molar-refractivity contribution in [3.63, 3.8) is 0 Å². The number of rotatable bonds is 1. The standard InChI is InChI=1S/C12H14ClF3N2/c13-10-2-1-8(12(14,15)16)7-11(10)18-5-3-9(17)4-6-18/h1-2,7,9H,3-6,17H2. The number of halogens is 4. The van der Waals surface area contributed by atoms with E-state index in [2.05, 4.69) is 0 Å². The third-order valence-corrected chi connectivity index (χ3v) is 3.47. The van der Waals surface area contributed by atoms with Gasteiger partial charge in [-0.3, -0.25) is 0 Å². The summed E-state index contributed by atoms with van der Waals surface area (Å²) in [5, 5.41) is 0.346. The van der Waals surface area contributed by atoms with Gasteiger partial charge in [-0.05, 0) is 31.0 Å². The number of hydrogen-bond donors (Lipinski definition) is 1. The van der Waals surface area contributed by atoms with Crippen molar-refractivity contribution in [1.82, 2.24) is 0 Å². The first-order valence-electron chi connectivity index (χ1n) is 5.75. The minimum absolute atomic E-state index is 0.130. The molecule has 1 heterocycles. The van der Waals surface area contributed by atoms with Gasteiger partial charge < -0.3 is 10.6 Å². The summed E-state index contributed by atoms with van der Waals surface area (Å²) in [7, 11) is 0. The first-order chi connectivity index (χ1) is 8.38. The van der Waals surface area contributed by atoms with Crippen LogP contribution in [0, 0.1) is 0 Å². The predicted octanol–water partition coefficient (Wildman–Crippen LogP) is 3.29. The van der Waals surface area contributed by atoms with Gasteiger partial charge in [0.15, 0.2) is 0 Å². The van der Waals surface area contributed by atoms with E-state index in [0.29, 0.717) is 23.8 Å². The molecule has 0 aromatic heterocycles. The molecule has 1 aromatic rings. The van der Waals surface area contributed by atoms with Crippen LogP contribution in [0.15, 0.2) is 18.2 Å². The Morgan fingerprint density at radius 2 is 1.83 bits per heavy atom. The lowest BCUT2D eigenvalue weighted by molar-refractivity contribution is -0.137. The summed E-state index contributed by atoms with van der Waals surface area (Å²) in [6.45, 7) is 1.28. The van der Waals surface area contributed by atoms with Crippen LogP contribution >= 0.6 is 11.6 Å². The van der Waals surface area contributed by atoms with Crippen molar-refractivity contribution in [1.29, 1.82) is 0 Å². The van der Waals surface area contributed by atoms with Gasteiger partial charge in [-0.15, -0.1) is 0 Å². The zero-order chi connectivity index (χ0) is 13.3. The molecule has 0 unspecified atom stereocenters. The second-order valence-electron chi connectivity index (χ2n) is 4.49. The molecule has 2 rings (SSSR count). The molecule has 1 saturated heterocycles. The molecule has 2 nitrogen and oxygen atoms in total. The third-order valence-electron chi connectivity index (χ3n) is 3.15. The lowest BCUT2D eigenvalue weighted by Crippen LogP contribution is -2.39. The van der Waals surface area contributed by atoms with E-state index in [1.54, 1.807) is 0 Å². The van der Waals surface area contributed by atoms with Gasteiger partial charge in [-0.2, -0.15) is 13.2 Å². The summed E-state index contributed by atoms with van der Waals surface area (Å²) in [5.74, 6) is 0. The second-order valence-corrected chi connectivity index (χ2v) is 4.90. The van der Waals surface area contributed by atoms with Gasteiger partial charge >= 0.3 is 6.18 Å². The molecule has 2 N–H and O–H groups in total. The molecule has 1 aliphatic heterocycles. The van der Waals surface area contributed by atoms with Crippen LogP contribution in [-0.4, -0.2) is 19.1 Å². The SMILES string of the molecule is NC1CCN(c2cc(C(F)(F)F)ccc2Cl)CC1. The maximum Gasteiger partial charge on any atom is 0.416 e. The van der Waals surface area contributed by atoms with Crippen molar-refractivity contribution in [2.24, 2.45) is 5.73 Å². The minimum atomic E-state index is -4.34. The summed E-state index contributed by atoms with van der Waals surface area (Å²) in [6, 6.07) is 3.54. The Morgan fingerprint density at radius 3 is 2.39 bits per heavy atom. The van der Waals surface area contributed by atoms with E-state index in [1.807, 2.05) is 4.90 Å². The summed E-state index contributed by atoms with van der Waals surface area (Å²) in [5.41, 5.74) is 5.55. The molecule has 0 amide bonds. The zero-order valence-corrected chi connectivity index (χ0v) is 10.4. The average Bonchev–Trinajstić information content (AvgIpc) is 2.29. The smallest absolute Gasteiger partial charge is 0.370 e. The number of nitrogens with zero attached hydrogens (tertiary/aromatic N) is 1. The summed E-state index contributed by atoms with van der Waals surface area (Å²) in [6.07, 6.45) is -2.80. The molecule has 18 heavy (non-hydrogen) atoms. The highest BCUT2D eigenvalue weighted by molar-refractivity contribution is 6.33. The average molecular weight is 279 g/mol. The highest BCUT2D eigenvalue weighted by Gasteiger charge is 2.31. The number of nitrogens with two attached hydrogens (primary N) is 1. The predicted molar refractivity (Wildman–Crippen MR) is 65.9 cm³/mol. The van der Waals surface area contributed by atoms with Crippen LogP contribution in [0.3, 0.4) is 0 Å². The van der Waals surface area contributed by atoms with Gasteiger partial charge in [0.1, 0.15) is 0 Å². The maximum atomic E-state index is 12.6. The molecule has 1 fully saturated rings. The normalized spacial score (nSPS) is 18.2. The van der Waals surface area contributed by atoms with Crippen LogP contribution in [0.5, 0.6) is 0 Å². The molecular formula is C12H14ClF3N2. The van der Waals surface area contributed by atoms with Crippen molar-refractivity contribution in [2.75, 3.05) is 18.0 Å². The van der Waals surface area contributed by atoms with Crippen molar-refractivity contribution in [2.45, 2.75) is 25.1 Å². The minimum Gasteiger partial charge on any atom is -0.370 e. The Kier molecular flexibility index (Phi) is 3.73. The van der Waals surface area contributed by atoms with Gasteiger partial charge in [-0.1, -0.05) is 11.6 Å². The monoisotopic (exact) mass is 278 g/mol. The molecule has 0 atom stereocenters. The fourth-order valence-corrected chi connectivity index (χ4v) is 2.31. The lowest BCUT2D eigenvalue weighted by Gasteiger charge is -2.32. The van der Waals surface area contributed by atoms with Gasteiger partial charge in [0.05, 0.1) is 16.3 Å². The lowest BCUT2D eigenvalue weighted by atomic mass is 10.0. The summed E-state index contributed by atoms with van der Waals surface area (Å²) < 4.78 is 37.9. The fraction of sp³-hybridized carbons (Fsp3) is 0.500. The molecule has 1 aliphatic rings. The van der Waals surface area contributed by atoms with E-state index in [1.165, 1.54) is 6.07 Å². The molecular weight excluding hydrogens is 265 g/mol. The molecule has 0 spiro atoms. The van der Waals surface area contributed by atoms with Crippen molar-refractivity contribution in [3.8, 4) is 0 Å². The van der Waals surface area contributed by atoms with Crippen LogP contribution in [-0.2, 0) is 6.18 Å². The number of alkyl halides is 3. The number of benzene rings is 1. The van der Waals surface area contributed by atoms with Crippen molar-refractivity contribution < 1.29 is 13.2 Å². The number of piperidine rings is 1. The second kappa shape index (κ2) is 4.97. The van der Waals surface area contributed by atoms with Gasteiger partial charge in [-0.25, -0.2) is 0 Å². The quantitative estimate of drug-likeness (QED) is 0.854. The van der Waals surface area contributed by atoms with E-state index >= 15 is 0 Å². The highest BCUT2D eigenvalue weighted by Crippen LogP contribution is 2.36. The first-order valence-corrected chi connectivity index (χ1v) is 6.13. The Bertz CT molecular complexity index is 426. The van der Waals surface area contributed by atoms with Gasteiger partial charge in [0, 0.05) is 19.1 Å². The molecule has 6 heteroatoms. The van der Waals surface area contributed by atoms with Crippen molar-refractivity contribution in [3.05, 3.63) is 28.8 Å². The Morgan fingerprint density at radius 1 is 1.22 bits per heavy atom. The molecule has 0 aliphatic carbocycles. The maximum absolute atomic E-state index is 12.6.